The number of carbonyl (C=O) groups excluding carboxylic acids is 2. The van der Waals surface area contributed by atoms with Crippen LogP contribution in [0.2, 0.25) is 0 Å². The van der Waals surface area contributed by atoms with Crippen LogP contribution in [-0.2, 0) is 14.4 Å². The van der Waals surface area contributed by atoms with Crippen LogP contribution in [0.1, 0.15) is 47.0 Å². The molecule has 3 amide bonds. The van der Waals surface area contributed by atoms with Gasteiger partial charge in [-0.1, -0.05) is 27.7 Å². The van der Waals surface area contributed by atoms with Gasteiger partial charge in [0.1, 0.15) is 6.17 Å². The van der Waals surface area contributed by atoms with Gasteiger partial charge < -0.3 is 15.3 Å². The van der Waals surface area contributed by atoms with Crippen LogP contribution >= 0.6 is 0 Å². The molecule has 9 nitrogen and oxygen atoms in total. The molecule has 0 bridgehead atoms. The highest BCUT2D eigenvalue weighted by molar-refractivity contribution is 5.83. The summed E-state index contributed by atoms with van der Waals surface area (Å²) in [6.45, 7) is 9.60. The van der Waals surface area contributed by atoms with E-state index >= 15 is 0 Å². The van der Waals surface area contributed by atoms with Crippen LogP contribution in [0, 0.1) is 11.8 Å². The number of piperazine rings is 1. The summed E-state index contributed by atoms with van der Waals surface area (Å²) in [6, 6.07) is -0.114. The number of hydroxylamine groups is 2. The molecule has 2 rings (SSSR count). The van der Waals surface area contributed by atoms with E-state index in [1.54, 1.807) is 11.9 Å². The summed E-state index contributed by atoms with van der Waals surface area (Å²) in [5.74, 6) is 0.360. The molecule has 0 aromatic heterocycles. The Bertz CT molecular complexity index is 583. The highest BCUT2D eigenvalue weighted by Crippen LogP contribution is 2.31. The molecule has 0 saturated carbocycles. The maximum absolute atomic E-state index is 13.2. The van der Waals surface area contributed by atoms with Gasteiger partial charge in [0.2, 0.25) is 5.91 Å². The van der Waals surface area contributed by atoms with Crippen molar-refractivity contribution in [3.05, 3.63) is 0 Å². The van der Waals surface area contributed by atoms with Crippen LogP contribution in [0.5, 0.6) is 0 Å². The molecule has 0 aliphatic carbocycles. The quantitative estimate of drug-likeness (QED) is 0.671. The third-order valence-corrected chi connectivity index (χ3v) is 5.20. The van der Waals surface area contributed by atoms with Gasteiger partial charge in [-0.25, -0.2) is 4.79 Å². The topological polar surface area (TPSA) is 102 Å². The van der Waals surface area contributed by atoms with E-state index in [0.717, 1.165) is 11.5 Å². The molecule has 0 radical (unpaired) electrons. The Morgan fingerprint density at radius 3 is 2.36 bits per heavy atom. The molecule has 2 heterocycles. The predicted octanol–water partition coefficient (Wildman–Crippen LogP) is 1.35. The first-order valence-corrected chi connectivity index (χ1v) is 10.1. The van der Waals surface area contributed by atoms with Crippen molar-refractivity contribution in [2.24, 2.45) is 11.8 Å². The molecule has 3 atom stereocenters. The Balaban J connectivity index is 2.27. The molecule has 2 fully saturated rings. The first-order valence-electron chi connectivity index (χ1n) is 10.1. The maximum atomic E-state index is 13.2. The number of amides is 3. The maximum Gasteiger partial charge on any atom is 0.433 e. The number of nitrogens with zero attached hydrogens (tertiary/aromatic N) is 3. The molecule has 28 heavy (non-hydrogen) atoms. The zero-order valence-electron chi connectivity index (χ0n) is 17.6. The molecule has 0 aromatic carbocycles. The lowest BCUT2D eigenvalue weighted by Gasteiger charge is -2.53. The second kappa shape index (κ2) is 9.56. The molecule has 0 aromatic rings. The van der Waals surface area contributed by atoms with E-state index in [9.17, 15) is 19.5 Å². The van der Waals surface area contributed by atoms with E-state index in [1.807, 2.05) is 13.8 Å². The number of carbonyl (C=O) groups is 3. The Morgan fingerprint density at radius 1 is 1.18 bits per heavy atom. The lowest BCUT2D eigenvalue weighted by atomic mass is 9.96. The van der Waals surface area contributed by atoms with Gasteiger partial charge in [0.15, 0.2) is 6.10 Å². The van der Waals surface area contributed by atoms with Crippen molar-refractivity contribution in [3.63, 3.8) is 0 Å². The van der Waals surface area contributed by atoms with E-state index < -0.39 is 18.4 Å². The van der Waals surface area contributed by atoms with Crippen molar-refractivity contribution < 1.29 is 24.3 Å². The monoisotopic (exact) mass is 398 g/mol. The SMILES string of the molecule is CNC(=O)CCN1CC2N(C(=O)O)O[C@H](CC(C)C)C(=O)N2[C@@H](CC(C)C)C1. The minimum atomic E-state index is -1.20. The van der Waals surface area contributed by atoms with Crippen molar-refractivity contribution in [1.29, 1.82) is 0 Å². The highest BCUT2D eigenvalue weighted by atomic mass is 16.7. The van der Waals surface area contributed by atoms with Gasteiger partial charge >= 0.3 is 6.09 Å². The summed E-state index contributed by atoms with van der Waals surface area (Å²) in [6.07, 6.45) is -1.11. The van der Waals surface area contributed by atoms with Crippen LogP contribution in [0.3, 0.4) is 0 Å². The minimum absolute atomic E-state index is 0.0640. The second-order valence-electron chi connectivity index (χ2n) is 8.52. The lowest BCUT2D eigenvalue weighted by Crippen LogP contribution is -2.72. The summed E-state index contributed by atoms with van der Waals surface area (Å²) < 4.78 is 0. The summed E-state index contributed by atoms with van der Waals surface area (Å²) in [5.41, 5.74) is 0. The van der Waals surface area contributed by atoms with E-state index in [0.29, 0.717) is 38.4 Å². The zero-order chi connectivity index (χ0) is 21.0. The number of nitrogens with one attached hydrogen (secondary N) is 1. The fourth-order valence-corrected chi connectivity index (χ4v) is 4.00. The van der Waals surface area contributed by atoms with Crippen molar-refractivity contribution in [2.45, 2.75) is 65.3 Å². The van der Waals surface area contributed by atoms with Gasteiger partial charge in [-0.15, -0.1) is 0 Å². The lowest BCUT2D eigenvalue weighted by molar-refractivity contribution is -0.269. The van der Waals surface area contributed by atoms with Gasteiger partial charge in [0.05, 0.1) is 0 Å². The third-order valence-electron chi connectivity index (χ3n) is 5.20. The molecule has 2 aliphatic heterocycles. The Morgan fingerprint density at radius 2 is 1.82 bits per heavy atom. The highest BCUT2D eigenvalue weighted by Gasteiger charge is 2.50. The Hall–Kier alpha value is -1.87. The number of rotatable bonds is 7. The van der Waals surface area contributed by atoms with E-state index in [1.165, 1.54) is 0 Å². The molecule has 160 valence electrons. The molecular weight excluding hydrogens is 364 g/mol. The molecule has 0 spiro atoms. The molecule has 2 N–H and O–H groups in total. The largest absolute Gasteiger partial charge is 0.463 e. The fourth-order valence-electron chi connectivity index (χ4n) is 4.00. The van der Waals surface area contributed by atoms with Crippen molar-refractivity contribution >= 4 is 17.9 Å². The van der Waals surface area contributed by atoms with E-state index in [4.69, 9.17) is 4.84 Å². The van der Waals surface area contributed by atoms with Crippen LogP contribution in [0.25, 0.3) is 0 Å². The van der Waals surface area contributed by atoms with Crippen LogP contribution in [-0.4, -0.2) is 82.9 Å². The van der Waals surface area contributed by atoms with E-state index in [-0.39, 0.29) is 23.8 Å². The molecule has 1 unspecified atom stereocenters. The summed E-state index contributed by atoms with van der Waals surface area (Å²) in [4.78, 5) is 46.1. The third kappa shape index (κ3) is 5.35. The van der Waals surface area contributed by atoms with Gasteiger partial charge in [-0.05, 0) is 24.7 Å². The van der Waals surface area contributed by atoms with Gasteiger partial charge in [0.25, 0.3) is 5.91 Å². The summed E-state index contributed by atoms with van der Waals surface area (Å²) in [7, 11) is 1.59. The van der Waals surface area contributed by atoms with E-state index in [2.05, 4.69) is 24.1 Å². The molecule has 9 heteroatoms. The first-order chi connectivity index (χ1) is 13.1. The molecule has 2 aliphatic rings. The van der Waals surface area contributed by atoms with Crippen LogP contribution < -0.4 is 5.32 Å². The molecule has 2 saturated heterocycles. The average Bonchev–Trinajstić information content (AvgIpc) is 2.60. The van der Waals surface area contributed by atoms with Crippen molar-refractivity contribution in [1.82, 2.24) is 20.2 Å². The van der Waals surface area contributed by atoms with Crippen molar-refractivity contribution in [2.75, 3.05) is 26.7 Å². The van der Waals surface area contributed by atoms with Gasteiger partial charge in [-0.3, -0.25) is 19.3 Å². The smallest absolute Gasteiger partial charge is 0.433 e. The summed E-state index contributed by atoms with van der Waals surface area (Å²) >= 11 is 0. The summed E-state index contributed by atoms with van der Waals surface area (Å²) in [5, 5.41) is 13.2. The van der Waals surface area contributed by atoms with Crippen molar-refractivity contribution in [3.8, 4) is 0 Å². The van der Waals surface area contributed by atoms with Crippen LogP contribution in [0.15, 0.2) is 0 Å². The normalized spacial score (nSPS) is 26.0. The van der Waals surface area contributed by atoms with Crippen LogP contribution in [0.4, 0.5) is 4.79 Å². The standard InChI is InChI=1S/C19H34N4O5/c1-12(2)8-14-10-21(7-6-16(24)20-5)11-17-22(14)18(25)15(9-13(3)4)28-23(17)19(26)27/h12-15,17H,6-11H2,1-5H3,(H,20,24)(H,26,27)/t14-,15+,17?/m0/s1. The first kappa shape index (κ1) is 22.4. The van der Waals surface area contributed by atoms with Gasteiger partial charge in [-0.2, -0.15) is 5.06 Å². The Labute approximate surface area is 166 Å². The Kier molecular flexibility index (Phi) is 7.65. The number of carboxylic acid groups (broad SMARTS) is 1. The number of hydrogen-bond donors (Lipinski definition) is 2. The molecular formula is C19H34N4O5. The number of fused-ring (bicyclic) bond motifs is 1. The van der Waals surface area contributed by atoms with Gasteiger partial charge in [0, 0.05) is 39.1 Å². The predicted molar refractivity (Wildman–Crippen MR) is 103 cm³/mol. The average molecular weight is 399 g/mol. The number of hydrogen-bond acceptors (Lipinski definition) is 5. The second-order valence-corrected chi connectivity index (χ2v) is 8.52. The minimum Gasteiger partial charge on any atom is -0.463 e. The zero-order valence-corrected chi connectivity index (χ0v) is 17.6. The fraction of sp³-hybridized carbons (Fsp3) is 0.842.